The highest BCUT2D eigenvalue weighted by Crippen LogP contribution is 2.25. The molecule has 186 valence electrons. The molecule has 2 aliphatic rings. The highest BCUT2D eigenvalue weighted by atomic mass is 32.2. The van der Waals surface area contributed by atoms with Crippen molar-refractivity contribution in [1.82, 2.24) is 14.5 Å². The van der Waals surface area contributed by atoms with Crippen molar-refractivity contribution in [1.29, 1.82) is 0 Å². The monoisotopic (exact) mass is 499 g/mol. The fourth-order valence-corrected chi connectivity index (χ4v) is 5.60. The van der Waals surface area contributed by atoms with Gasteiger partial charge in [0.05, 0.1) is 9.82 Å². The third-order valence-electron chi connectivity index (χ3n) is 6.58. The topological polar surface area (TPSA) is 125 Å². The molecule has 2 heterocycles. The van der Waals surface area contributed by atoms with E-state index in [0.717, 1.165) is 5.56 Å². The predicted molar refractivity (Wildman–Crippen MR) is 131 cm³/mol. The maximum atomic E-state index is 13.5. The molecule has 11 heteroatoms. The Morgan fingerprint density at radius 3 is 2.54 bits per heavy atom. The molecule has 0 saturated carbocycles. The van der Waals surface area contributed by atoms with Gasteiger partial charge in [0, 0.05) is 50.4 Å². The van der Waals surface area contributed by atoms with Gasteiger partial charge in [-0.15, -0.1) is 0 Å². The Hall–Kier alpha value is -3.31. The number of rotatable bonds is 7. The van der Waals surface area contributed by atoms with Crippen molar-refractivity contribution in [2.24, 2.45) is 10.9 Å². The smallest absolute Gasteiger partial charge is 0.269 e. The first-order chi connectivity index (χ1) is 16.7. The fraction of sp³-hybridized carbons (Fsp3) is 0.417. The van der Waals surface area contributed by atoms with Crippen LogP contribution in [-0.4, -0.2) is 67.1 Å². The summed E-state index contributed by atoms with van der Waals surface area (Å²) in [6.45, 7) is 6.78. The number of hydrogen-bond acceptors (Lipinski definition) is 7. The van der Waals surface area contributed by atoms with Crippen molar-refractivity contribution in [2.75, 3.05) is 26.2 Å². The SMILES string of the molecule is CC[C@H](C)[C@H](N=C1NS(=O)(=O)c2ccccc21)C(=O)N1CCN(Cc2cccc([N+](=O)[O-])c2)CC1. The summed E-state index contributed by atoms with van der Waals surface area (Å²) in [4.78, 5) is 32.9. The largest absolute Gasteiger partial charge is 0.338 e. The van der Waals surface area contributed by atoms with Crippen LogP contribution in [-0.2, 0) is 21.4 Å². The minimum Gasteiger partial charge on any atom is -0.338 e. The number of nitro groups is 1. The van der Waals surface area contributed by atoms with Crippen molar-refractivity contribution >= 4 is 27.5 Å². The number of hydrogen-bond donors (Lipinski definition) is 1. The van der Waals surface area contributed by atoms with Crippen LogP contribution in [0.5, 0.6) is 0 Å². The second kappa shape index (κ2) is 10.1. The molecule has 0 bridgehead atoms. The van der Waals surface area contributed by atoms with Gasteiger partial charge in [-0.1, -0.05) is 44.5 Å². The van der Waals surface area contributed by atoms with Gasteiger partial charge in [-0.25, -0.2) is 8.42 Å². The summed E-state index contributed by atoms with van der Waals surface area (Å²) < 4.78 is 27.4. The summed E-state index contributed by atoms with van der Waals surface area (Å²) in [5, 5.41) is 11.0. The molecule has 4 rings (SSSR count). The van der Waals surface area contributed by atoms with E-state index in [9.17, 15) is 23.3 Å². The number of amidine groups is 1. The first kappa shape index (κ1) is 24.8. The summed E-state index contributed by atoms with van der Waals surface area (Å²) >= 11 is 0. The van der Waals surface area contributed by atoms with Gasteiger partial charge in [0.15, 0.2) is 0 Å². The number of benzene rings is 2. The Bertz CT molecular complexity index is 1250. The summed E-state index contributed by atoms with van der Waals surface area (Å²) in [6, 6.07) is 12.5. The highest BCUT2D eigenvalue weighted by molar-refractivity contribution is 7.90. The summed E-state index contributed by atoms with van der Waals surface area (Å²) in [5.74, 6) is 0.0177. The van der Waals surface area contributed by atoms with Crippen molar-refractivity contribution in [3.8, 4) is 0 Å². The average Bonchev–Trinajstić information content (AvgIpc) is 3.12. The first-order valence-corrected chi connectivity index (χ1v) is 13.1. The van der Waals surface area contributed by atoms with E-state index in [2.05, 4.69) is 14.6 Å². The third kappa shape index (κ3) is 5.35. The molecule has 2 atom stereocenters. The number of sulfonamides is 1. The molecule has 0 unspecified atom stereocenters. The number of amides is 1. The Balaban J connectivity index is 1.46. The van der Waals surface area contributed by atoms with Crippen LogP contribution in [0.1, 0.15) is 31.4 Å². The summed E-state index contributed by atoms with van der Waals surface area (Å²) in [5.41, 5.74) is 1.40. The number of nitrogens with zero attached hydrogens (tertiary/aromatic N) is 4. The zero-order chi connectivity index (χ0) is 25.2. The lowest BCUT2D eigenvalue weighted by atomic mass is 9.97. The molecule has 2 aromatic rings. The molecule has 0 radical (unpaired) electrons. The summed E-state index contributed by atoms with van der Waals surface area (Å²) in [7, 11) is -3.68. The van der Waals surface area contributed by atoms with E-state index >= 15 is 0 Å². The van der Waals surface area contributed by atoms with Gasteiger partial charge in [-0.3, -0.25) is 29.5 Å². The van der Waals surface area contributed by atoms with Gasteiger partial charge >= 0.3 is 0 Å². The molecule has 2 aliphatic heterocycles. The quantitative estimate of drug-likeness (QED) is 0.461. The van der Waals surface area contributed by atoms with E-state index in [-0.39, 0.29) is 28.2 Å². The number of aliphatic imine (C=N–C) groups is 1. The van der Waals surface area contributed by atoms with E-state index in [1.54, 1.807) is 35.2 Å². The van der Waals surface area contributed by atoms with E-state index < -0.39 is 21.0 Å². The minimum atomic E-state index is -3.68. The van der Waals surface area contributed by atoms with Crippen molar-refractivity contribution in [3.05, 3.63) is 69.8 Å². The number of fused-ring (bicyclic) bond motifs is 1. The van der Waals surface area contributed by atoms with E-state index in [1.165, 1.54) is 12.1 Å². The van der Waals surface area contributed by atoms with Crippen molar-refractivity contribution in [3.63, 3.8) is 0 Å². The maximum absolute atomic E-state index is 13.5. The van der Waals surface area contributed by atoms with Gasteiger partial charge in [0.25, 0.3) is 15.7 Å². The van der Waals surface area contributed by atoms with Gasteiger partial charge < -0.3 is 4.90 Å². The van der Waals surface area contributed by atoms with Gasteiger partial charge in [-0.2, -0.15) is 0 Å². The number of nitrogens with one attached hydrogen (secondary N) is 1. The lowest BCUT2D eigenvalue weighted by Crippen LogP contribution is -2.52. The molecule has 1 fully saturated rings. The molecule has 0 aromatic heterocycles. The van der Waals surface area contributed by atoms with E-state index in [4.69, 9.17) is 0 Å². The number of non-ortho nitro benzene ring substituents is 1. The second-order valence-electron chi connectivity index (χ2n) is 8.94. The number of piperazine rings is 1. The Labute approximate surface area is 204 Å². The van der Waals surface area contributed by atoms with Crippen LogP contribution in [0.25, 0.3) is 0 Å². The predicted octanol–water partition coefficient (Wildman–Crippen LogP) is 2.39. The molecule has 10 nitrogen and oxygen atoms in total. The number of nitro benzene ring substituents is 1. The third-order valence-corrected chi connectivity index (χ3v) is 7.98. The van der Waals surface area contributed by atoms with Crippen LogP contribution in [0.2, 0.25) is 0 Å². The Morgan fingerprint density at radius 2 is 1.86 bits per heavy atom. The van der Waals surface area contributed by atoms with E-state index in [0.29, 0.717) is 44.7 Å². The Kier molecular flexibility index (Phi) is 7.18. The van der Waals surface area contributed by atoms with Gasteiger partial charge in [0.1, 0.15) is 11.9 Å². The lowest BCUT2D eigenvalue weighted by Gasteiger charge is -2.36. The van der Waals surface area contributed by atoms with Gasteiger partial charge in [0.2, 0.25) is 5.91 Å². The molecule has 0 aliphatic carbocycles. The highest BCUT2D eigenvalue weighted by Gasteiger charge is 2.35. The van der Waals surface area contributed by atoms with Crippen LogP contribution < -0.4 is 4.72 Å². The zero-order valence-electron chi connectivity index (χ0n) is 19.8. The Morgan fingerprint density at radius 1 is 1.14 bits per heavy atom. The maximum Gasteiger partial charge on any atom is 0.269 e. The molecule has 1 N–H and O–H groups in total. The molecule has 1 amide bonds. The normalized spacial score (nSPS) is 20.2. The average molecular weight is 500 g/mol. The summed E-state index contributed by atoms with van der Waals surface area (Å²) in [6.07, 6.45) is 0.717. The van der Waals surface area contributed by atoms with Crippen LogP contribution in [0.3, 0.4) is 0 Å². The van der Waals surface area contributed by atoms with Crippen molar-refractivity contribution < 1.29 is 18.1 Å². The molecule has 0 spiro atoms. The molecule has 2 aromatic carbocycles. The van der Waals surface area contributed by atoms with Crippen LogP contribution in [0.4, 0.5) is 5.69 Å². The number of carbonyl (C=O) groups excluding carboxylic acids is 1. The second-order valence-corrected chi connectivity index (χ2v) is 10.6. The van der Waals surface area contributed by atoms with Gasteiger partial charge in [-0.05, 0) is 23.6 Å². The molecular weight excluding hydrogens is 470 g/mol. The van der Waals surface area contributed by atoms with E-state index in [1.807, 2.05) is 19.9 Å². The lowest BCUT2D eigenvalue weighted by molar-refractivity contribution is -0.384. The molecule has 35 heavy (non-hydrogen) atoms. The van der Waals surface area contributed by atoms with Crippen LogP contribution in [0.15, 0.2) is 58.4 Å². The number of carbonyl (C=O) groups is 1. The molecular formula is C24H29N5O5S. The zero-order valence-corrected chi connectivity index (χ0v) is 20.6. The standard InChI is InChI=1S/C24H29N5O5S/c1-3-17(2)22(25-23-20-9-4-5-10-21(20)35(33,34)26-23)24(30)28-13-11-27(12-14-28)16-18-7-6-8-19(15-18)29(31)32/h4-10,15,17,22H,3,11-14,16H2,1-2H3,(H,25,26)/t17-,22-/m0/s1. The fourth-order valence-electron chi connectivity index (χ4n) is 4.36. The molecule has 1 saturated heterocycles. The van der Waals surface area contributed by atoms with Crippen molar-refractivity contribution in [2.45, 2.75) is 37.8 Å². The van der Waals surface area contributed by atoms with Crippen LogP contribution in [0, 0.1) is 16.0 Å². The minimum absolute atomic E-state index is 0.0657. The first-order valence-electron chi connectivity index (χ1n) is 11.6. The van der Waals surface area contributed by atoms with Crippen LogP contribution >= 0.6 is 0 Å².